The Morgan fingerprint density at radius 1 is 0.259 bits per heavy atom. The van der Waals surface area contributed by atoms with Crippen molar-refractivity contribution in [1.82, 2.24) is 0 Å². The molecule has 16 heteroatoms. The van der Waals surface area contributed by atoms with Gasteiger partial charge in [0.2, 0.25) is 0 Å². The third kappa shape index (κ3) is 12.3. The predicted octanol–water partition coefficient (Wildman–Crippen LogP) is 22.8. The molecule has 16 nitrogen and oxygen atoms in total. The fourth-order valence-electron chi connectivity index (χ4n) is 15.1. The van der Waals surface area contributed by atoms with E-state index >= 15 is 0 Å². The molecular weight excluding hydrogens is 1350 g/mol. The van der Waals surface area contributed by atoms with Gasteiger partial charge in [0, 0.05) is 34.1 Å². The minimum Gasteiger partial charge on any atom is -0.456 e. The lowest BCUT2D eigenvalue weighted by atomic mass is 9.72. The van der Waals surface area contributed by atoms with Gasteiger partial charge in [0.15, 0.2) is 23.0 Å². The lowest BCUT2D eigenvalue weighted by molar-refractivity contribution is 0.111. The van der Waals surface area contributed by atoms with Gasteiger partial charge in [-0.3, -0.25) is 19.2 Å². The van der Waals surface area contributed by atoms with Crippen molar-refractivity contribution in [1.29, 1.82) is 21.0 Å². The van der Waals surface area contributed by atoms with Crippen LogP contribution in [0.5, 0.6) is 92.0 Å². The number of nitriles is 4. The maximum absolute atomic E-state index is 11.6. The molecule has 0 radical (unpaired) electrons. The first-order chi connectivity index (χ1) is 52.5. The largest absolute Gasteiger partial charge is 0.456 e. The number of nitrogens with zero attached hydrogens (tertiary/aromatic N) is 4. The lowest BCUT2D eigenvalue weighted by Gasteiger charge is -2.31. The molecule has 0 aliphatic heterocycles. The summed E-state index contributed by atoms with van der Waals surface area (Å²) >= 11 is 0. The van der Waals surface area contributed by atoms with Crippen LogP contribution >= 0.6 is 0 Å². The summed E-state index contributed by atoms with van der Waals surface area (Å²) in [7, 11) is 0. The molecule has 0 amide bonds. The molecule has 14 aromatic carbocycles. The van der Waals surface area contributed by atoms with Gasteiger partial charge in [-0.2, -0.15) is 21.0 Å². The van der Waals surface area contributed by atoms with Gasteiger partial charge in [0.05, 0.1) is 0 Å². The first-order valence-corrected chi connectivity index (χ1v) is 34.4. The van der Waals surface area contributed by atoms with Crippen molar-refractivity contribution in [3.63, 3.8) is 0 Å². The maximum atomic E-state index is 11.6. The highest BCUT2D eigenvalue weighted by Gasteiger charge is 2.59. The van der Waals surface area contributed by atoms with Crippen LogP contribution in [0.2, 0.25) is 0 Å². The molecule has 0 heterocycles. The normalized spacial score (nSPS) is 14.0. The average molecular weight is 1410 g/mol. The minimum absolute atomic E-state index is 0.0684. The summed E-state index contributed by atoms with van der Waals surface area (Å²) in [6.07, 6.45) is 3.15. The summed E-state index contributed by atoms with van der Waals surface area (Å²) in [5, 5.41) is 50.9. The second-order valence-corrected chi connectivity index (χ2v) is 27.5. The molecule has 0 saturated carbocycles. The first-order valence-electron chi connectivity index (χ1n) is 34.4. The fourth-order valence-corrected chi connectivity index (χ4v) is 15.1. The molecule has 518 valence electrons. The molecule has 2 unspecified atom stereocenters. The molecule has 16 rings (SSSR count). The highest BCUT2D eigenvalue weighted by molar-refractivity contribution is 5.93. The summed E-state index contributed by atoms with van der Waals surface area (Å²) in [5.41, 5.74) is 4.45. The van der Waals surface area contributed by atoms with Crippen LogP contribution in [0.3, 0.4) is 0 Å². The predicted molar refractivity (Wildman–Crippen MR) is 407 cm³/mol. The van der Waals surface area contributed by atoms with Crippen LogP contribution in [0.25, 0.3) is 43.1 Å². The van der Waals surface area contributed by atoms with Gasteiger partial charge in [-0.1, -0.05) is 125 Å². The van der Waals surface area contributed by atoms with Gasteiger partial charge in [0.25, 0.3) is 0 Å². The number of rotatable bonds is 20. The number of ether oxygens (including phenoxy) is 8. The lowest BCUT2D eigenvalue weighted by Crippen LogP contribution is -2.25. The van der Waals surface area contributed by atoms with Crippen molar-refractivity contribution in [2.45, 2.75) is 50.4 Å². The molecule has 108 heavy (non-hydrogen) atoms. The molecule has 2 atom stereocenters. The Morgan fingerprint density at radius 2 is 0.472 bits per heavy atom. The van der Waals surface area contributed by atoms with Crippen LogP contribution in [0.4, 0.5) is 0 Å². The summed E-state index contributed by atoms with van der Waals surface area (Å²) < 4.78 is 54.0. The SMILES string of the molecule is CC1(C)c2cc(Oc3cccc(Oc4ccc5cc(C=O)ccc5c4)c3C#N)c(Oc3cccc(Oc4ccc5cc(C=O)ccc5c4)c3C#N)cc2C2C1c1cc(Oc3cccc(Oc4ccc5cc(C=O)ccc5c4)c3C#N)c(Oc3cccc(Oc4ccc5cc(C=O)ccc5c4)c3C#N)cc1C2(C)C. The zero-order valence-electron chi connectivity index (χ0n) is 58.2. The van der Waals surface area contributed by atoms with Crippen molar-refractivity contribution >= 4 is 68.2 Å². The first kappa shape index (κ1) is 67.6. The molecule has 14 aromatic rings. The molecular formula is C92H58N4O12. The Labute approximate surface area is 619 Å². The maximum Gasteiger partial charge on any atom is 0.170 e. The highest BCUT2D eigenvalue weighted by Crippen LogP contribution is 2.69. The van der Waals surface area contributed by atoms with E-state index < -0.39 is 10.8 Å². The highest BCUT2D eigenvalue weighted by atomic mass is 16.5. The van der Waals surface area contributed by atoms with Crippen LogP contribution < -0.4 is 37.9 Å². The van der Waals surface area contributed by atoms with E-state index in [1.807, 2.05) is 97.1 Å². The van der Waals surface area contributed by atoms with Gasteiger partial charge >= 0.3 is 0 Å². The Balaban J connectivity index is 0.812. The van der Waals surface area contributed by atoms with E-state index in [1.165, 1.54) is 0 Å². The number of hydrogen-bond acceptors (Lipinski definition) is 16. The Bertz CT molecular complexity index is 5970. The van der Waals surface area contributed by atoms with Gasteiger partial charge in [0.1, 0.15) is 141 Å². The number of carbonyl (C=O) groups is 4. The van der Waals surface area contributed by atoms with E-state index in [9.17, 15) is 40.2 Å². The second kappa shape index (κ2) is 27.4. The quantitative estimate of drug-likeness (QED) is 0.0645. The van der Waals surface area contributed by atoms with E-state index in [2.05, 4.69) is 52.0 Å². The molecule has 0 fully saturated rings. The van der Waals surface area contributed by atoms with E-state index in [-0.39, 0.29) is 103 Å². The van der Waals surface area contributed by atoms with Crippen molar-refractivity contribution in [3.05, 3.63) is 309 Å². The summed E-state index contributed by atoms with van der Waals surface area (Å²) in [6.45, 7) is 8.62. The fraction of sp³-hybridized carbons (Fsp3) is 0.0870. The van der Waals surface area contributed by atoms with Gasteiger partial charge < -0.3 is 37.9 Å². The monoisotopic (exact) mass is 1410 g/mol. The van der Waals surface area contributed by atoms with Gasteiger partial charge in [-0.15, -0.1) is 0 Å². The van der Waals surface area contributed by atoms with E-state index in [4.69, 9.17) is 37.9 Å². The minimum atomic E-state index is -0.746. The molecule has 0 N–H and O–H groups in total. The van der Waals surface area contributed by atoms with Crippen LogP contribution in [0, 0.1) is 45.3 Å². The number of aldehydes is 4. The van der Waals surface area contributed by atoms with Crippen molar-refractivity contribution in [2.24, 2.45) is 0 Å². The Hall–Kier alpha value is -14.8. The van der Waals surface area contributed by atoms with E-state index in [0.717, 1.165) is 90.5 Å². The van der Waals surface area contributed by atoms with Gasteiger partial charge in [-0.05, 0) is 222 Å². The summed E-state index contributed by atoms with van der Waals surface area (Å²) in [4.78, 5) is 46.5. The molecule has 2 aliphatic rings. The molecule has 0 spiro atoms. The third-order valence-corrected chi connectivity index (χ3v) is 20.3. The van der Waals surface area contributed by atoms with Gasteiger partial charge in [-0.25, -0.2) is 0 Å². The van der Waals surface area contributed by atoms with Crippen LogP contribution in [-0.2, 0) is 10.8 Å². The molecule has 2 aliphatic carbocycles. The van der Waals surface area contributed by atoms with Crippen LogP contribution in [-0.4, -0.2) is 25.1 Å². The molecule has 0 saturated heterocycles. The van der Waals surface area contributed by atoms with E-state index in [0.29, 0.717) is 45.3 Å². The van der Waals surface area contributed by atoms with Crippen molar-refractivity contribution < 1.29 is 57.1 Å². The molecule has 0 bridgehead atoms. The molecule has 0 aromatic heterocycles. The topological polar surface area (TPSA) is 237 Å². The number of hydrogen-bond donors (Lipinski definition) is 0. The Morgan fingerprint density at radius 3 is 0.704 bits per heavy atom. The number of benzene rings is 14. The smallest absolute Gasteiger partial charge is 0.170 e. The van der Waals surface area contributed by atoms with E-state index in [1.54, 1.807) is 146 Å². The zero-order valence-corrected chi connectivity index (χ0v) is 58.2. The summed E-state index contributed by atoms with van der Waals surface area (Å²) in [5.74, 6) is 3.22. The third-order valence-electron chi connectivity index (χ3n) is 20.3. The zero-order chi connectivity index (χ0) is 74.5. The number of carbonyl (C=O) groups excluding carboxylic acids is 4. The number of fused-ring (bicyclic) bond motifs is 9. The summed E-state index contributed by atoms with van der Waals surface area (Å²) in [6, 6.07) is 80.2. The van der Waals surface area contributed by atoms with Crippen LogP contribution in [0.15, 0.2) is 243 Å². The average Bonchev–Trinajstić information content (AvgIpc) is 1.52. The standard InChI is InChI=1S/C92H58N4O12/c1-91(2)75-43-87(107-83-15-7-11-79(73(83)47-95)103-67-31-27-59-35-55(51-99)19-23-63(59)39-67)85(105-81-13-5-9-77(71(81)45-93)101-65-29-25-57-33-53(49-97)17-21-61(57)37-65)41-69(75)90-89(91)70-42-86(106-82-14-6-10-78(72(82)46-94)102-66-30-26-58-34-54(50-98)18-22-62(58)38-66)88(44-76(70)92(90,3)4)108-84-16-8-12-80(74(84)48-96)104-68-32-28-60-36-56(52-100)20-24-64(60)40-68/h5-44,49-52,89-90H,1-4H3. The van der Waals surface area contributed by atoms with Crippen molar-refractivity contribution in [2.75, 3.05) is 0 Å². The Kier molecular flexibility index (Phi) is 17.2. The second-order valence-electron chi connectivity index (χ2n) is 27.5. The van der Waals surface area contributed by atoms with Crippen molar-refractivity contribution in [3.8, 4) is 116 Å². The van der Waals surface area contributed by atoms with Crippen LogP contribution in [0.1, 0.15) is 125 Å².